The van der Waals surface area contributed by atoms with Crippen molar-refractivity contribution in [3.05, 3.63) is 36.4 Å². The van der Waals surface area contributed by atoms with E-state index in [0.29, 0.717) is 12.4 Å². The third kappa shape index (κ3) is 2.37. The van der Waals surface area contributed by atoms with Gasteiger partial charge in [-0.1, -0.05) is 18.2 Å². The molecular weight excluding hydrogens is 266 g/mol. The van der Waals surface area contributed by atoms with Gasteiger partial charge < -0.3 is 4.74 Å². The van der Waals surface area contributed by atoms with Gasteiger partial charge in [0.2, 0.25) is 11.2 Å². The smallest absolute Gasteiger partial charge is 0.423 e. The maximum Gasteiger partial charge on any atom is 0.423 e. The number of hydrogen-bond donors (Lipinski definition) is 1. The highest BCUT2D eigenvalue weighted by molar-refractivity contribution is 7.84. The van der Waals surface area contributed by atoms with Gasteiger partial charge in [0, 0.05) is 5.39 Å². The number of ether oxygens (including phenoxy) is 1. The molecule has 2 aromatic rings. The number of nitrogens with one attached hydrogen (secondary N) is 1. The Morgan fingerprint density at radius 3 is 2.89 bits per heavy atom. The van der Waals surface area contributed by atoms with Crippen molar-refractivity contribution in [1.29, 1.82) is 0 Å². The number of anilines is 1. The predicted octanol–water partition coefficient (Wildman–Crippen LogP) is 1.68. The van der Waals surface area contributed by atoms with Crippen LogP contribution in [-0.2, 0) is 15.9 Å². The lowest BCUT2D eigenvalue weighted by molar-refractivity contribution is 0.170. The standard InChI is InChI=1S/C12H11N3O3S/c16-12-15(7-8-18-12)19(17)14-11-6-5-9-3-1-2-4-10(9)13-11/h1-6H,7-8H2,(H,13,14). The van der Waals surface area contributed by atoms with Crippen LogP contribution < -0.4 is 4.72 Å². The van der Waals surface area contributed by atoms with Crippen LogP contribution in [0, 0.1) is 0 Å². The molecule has 6 nitrogen and oxygen atoms in total. The highest BCUT2D eigenvalue weighted by Gasteiger charge is 2.27. The number of para-hydroxylation sites is 1. The van der Waals surface area contributed by atoms with Crippen LogP contribution in [0.3, 0.4) is 0 Å². The molecule has 0 saturated carbocycles. The van der Waals surface area contributed by atoms with Crippen LogP contribution in [0.5, 0.6) is 0 Å². The summed E-state index contributed by atoms with van der Waals surface area (Å²) in [5, 5.41) is 0.999. The molecule has 3 rings (SSSR count). The van der Waals surface area contributed by atoms with Gasteiger partial charge in [-0.05, 0) is 18.2 Å². The molecule has 0 aliphatic carbocycles. The van der Waals surface area contributed by atoms with Gasteiger partial charge in [-0.25, -0.2) is 18.3 Å². The maximum atomic E-state index is 11.9. The van der Waals surface area contributed by atoms with Crippen molar-refractivity contribution in [2.24, 2.45) is 0 Å². The van der Waals surface area contributed by atoms with Crippen molar-refractivity contribution >= 4 is 34.0 Å². The monoisotopic (exact) mass is 277 g/mol. The zero-order chi connectivity index (χ0) is 13.2. The summed E-state index contributed by atoms with van der Waals surface area (Å²) in [5.41, 5.74) is 0.800. The first-order chi connectivity index (χ1) is 9.24. The van der Waals surface area contributed by atoms with E-state index in [0.717, 1.165) is 15.2 Å². The minimum atomic E-state index is -1.67. The molecular formula is C12H11N3O3S. The van der Waals surface area contributed by atoms with Crippen molar-refractivity contribution in [1.82, 2.24) is 9.29 Å². The molecule has 0 bridgehead atoms. The lowest BCUT2D eigenvalue weighted by Crippen LogP contribution is -2.31. The number of benzene rings is 1. The number of hydrogen-bond acceptors (Lipinski definition) is 4. The number of pyridine rings is 1. The highest BCUT2D eigenvalue weighted by Crippen LogP contribution is 2.16. The van der Waals surface area contributed by atoms with E-state index in [-0.39, 0.29) is 6.61 Å². The molecule has 1 saturated heterocycles. The largest absolute Gasteiger partial charge is 0.447 e. The van der Waals surface area contributed by atoms with E-state index in [1.807, 2.05) is 30.3 Å². The highest BCUT2D eigenvalue weighted by atomic mass is 32.2. The number of amides is 1. The molecule has 19 heavy (non-hydrogen) atoms. The van der Waals surface area contributed by atoms with Crippen LogP contribution in [0.2, 0.25) is 0 Å². The van der Waals surface area contributed by atoms with Crippen LogP contribution in [0.1, 0.15) is 0 Å². The lowest BCUT2D eigenvalue weighted by atomic mass is 10.2. The molecule has 1 unspecified atom stereocenters. The lowest BCUT2D eigenvalue weighted by Gasteiger charge is -2.12. The third-order valence-corrected chi connectivity index (χ3v) is 3.83. The second-order valence-corrected chi connectivity index (χ2v) is 5.10. The van der Waals surface area contributed by atoms with Gasteiger partial charge in [-0.3, -0.25) is 4.72 Å². The van der Waals surface area contributed by atoms with Gasteiger partial charge in [-0.15, -0.1) is 0 Å². The summed E-state index contributed by atoms with van der Waals surface area (Å²) in [5.74, 6) is 0.455. The van der Waals surface area contributed by atoms with E-state index >= 15 is 0 Å². The second-order valence-electron chi connectivity index (χ2n) is 3.96. The molecule has 7 heteroatoms. The van der Waals surface area contributed by atoms with Crippen LogP contribution in [-0.4, -0.2) is 32.7 Å². The Labute approximate surface area is 112 Å². The molecule has 98 valence electrons. The Balaban J connectivity index is 1.81. The minimum Gasteiger partial charge on any atom is -0.447 e. The van der Waals surface area contributed by atoms with Crippen molar-refractivity contribution in [2.45, 2.75) is 0 Å². The van der Waals surface area contributed by atoms with Crippen LogP contribution in [0.4, 0.5) is 10.6 Å². The first kappa shape index (κ1) is 11.9. The van der Waals surface area contributed by atoms with Gasteiger partial charge in [-0.2, -0.15) is 0 Å². The molecule has 1 aliphatic rings. The second kappa shape index (κ2) is 4.85. The van der Waals surface area contributed by atoms with E-state index in [4.69, 9.17) is 4.74 Å². The fraction of sp³-hybridized carbons (Fsp3) is 0.167. The fourth-order valence-corrected chi connectivity index (χ4v) is 2.63. The first-order valence-corrected chi connectivity index (χ1v) is 6.83. The number of cyclic esters (lactones) is 1. The van der Waals surface area contributed by atoms with Crippen molar-refractivity contribution in [2.75, 3.05) is 17.9 Å². The van der Waals surface area contributed by atoms with Gasteiger partial charge in [0.05, 0.1) is 12.1 Å². The first-order valence-electron chi connectivity index (χ1n) is 5.73. The molecule has 1 atom stereocenters. The van der Waals surface area contributed by atoms with Crippen molar-refractivity contribution in [3.8, 4) is 0 Å². The van der Waals surface area contributed by atoms with Crippen molar-refractivity contribution < 1.29 is 13.7 Å². The Morgan fingerprint density at radius 1 is 1.26 bits per heavy atom. The van der Waals surface area contributed by atoms with E-state index < -0.39 is 17.3 Å². The van der Waals surface area contributed by atoms with Gasteiger partial charge in [0.25, 0.3) is 0 Å². The summed E-state index contributed by atoms with van der Waals surface area (Å²) >= 11 is -1.67. The van der Waals surface area contributed by atoms with E-state index in [2.05, 4.69) is 9.71 Å². The van der Waals surface area contributed by atoms with E-state index in [1.54, 1.807) is 6.07 Å². The molecule has 1 aromatic heterocycles. The predicted molar refractivity (Wildman–Crippen MR) is 71.6 cm³/mol. The third-order valence-electron chi connectivity index (χ3n) is 2.71. The van der Waals surface area contributed by atoms with E-state index in [9.17, 15) is 9.00 Å². The quantitative estimate of drug-likeness (QED) is 0.926. The molecule has 2 heterocycles. The minimum absolute atomic E-state index is 0.261. The van der Waals surface area contributed by atoms with Crippen LogP contribution in [0.15, 0.2) is 36.4 Å². The normalized spacial score (nSPS) is 16.4. The molecule has 1 fully saturated rings. The van der Waals surface area contributed by atoms with Crippen LogP contribution in [0.25, 0.3) is 10.9 Å². The number of aromatic nitrogens is 1. The topological polar surface area (TPSA) is 71.5 Å². The van der Waals surface area contributed by atoms with Gasteiger partial charge >= 0.3 is 6.09 Å². The SMILES string of the molecule is O=C1OCCN1S(=O)Nc1ccc2ccccc2n1. The average molecular weight is 277 g/mol. The maximum absolute atomic E-state index is 11.9. The summed E-state index contributed by atoms with van der Waals surface area (Å²) < 4.78 is 20.5. The number of fused-ring (bicyclic) bond motifs is 1. The molecule has 0 radical (unpaired) electrons. The Bertz CT molecular complexity index is 661. The number of carbonyl (C=O) groups excluding carboxylic acids is 1. The van der Waals surface area contributed by atoms with Crippen LogP contribution >= 0.6 is 0 Å². The Hall–Kier alpha value is -2.15. The number of rotatable bonds is 3. The molecule has 0 spiro atoms. The number of carbonyl (C=O) groups is 1. The van der Waals surface area contributed by atoms with E-state index in [1.165, 1.54) is 0 Å². The molecule has 1 aromatic carbocycles. The molecule has 1 aliphatic heterocycles. The summed E-state index contributed by atoms with van der Waals surface area (Å²) in [4.78, 5) is 15.6. The zero-order valence-electron chi connectivity index (χ0n) is 9.91. The summed E-state index contributed by atoms with van der Waals surface area (Å²) in [6, 6.07) is 11.2. The van der Waals surface area contributed by atoms with Crippen molar-refractivity contribution in [3.63, 3.8) is 0 Å². The fourth-order valence-electron chi connectivity index (χ4n) is 1.80. The average Bonchev–Trinajstić information content (AvgIpc) is 2.85. The summed E-state index contributed by atoms with van der Waals surface area (Å²) in [6.45, 7) is 0.573. The van der Waals surface area contributed by atoms with Gasteiger partial charge in [0.1, 0.15) is 12.4 Å². The van der Waals surface area contributed by atoms with Gasteiger partial charge in [0.15, 0.2) is 0 Å². The summed E-state index contributed by atoms with van der Waals surface area (Å²) in [6.07, 6.45) is -0.577. The summed E-state index contributed by atoms with van der Waals surface area (Å²) in [7, 11) is 0. The Kier molecular flexibility index (Phi) is 3.04. The molecule has 1 amide bonds. The number of nitrogens with zero attached hydrogens (tertiary/aromatic N) is 2. The zero-order valence-corrected chi connectivity index (χ0v) is 10.7. The molecule has 1 N–H and O–H groups in total. The Morgan fingerprint density at radius 2 is 2.11 bits per heavy atom.